The summed E-state index contributed by atoms with van der Waals surface area (Å²) in [6.07, 6.45) is 0.505. The molecular formula is C15H16FNO3. The van der Waals surface area contributed by atoms with Crippen molar-refractivity contribution in [1.82, 2.24) is 4.98 Å². The monoisotopic (exact) mass is 277 g/mol. The van der Waals surface area contributed by atoms with Gasteiger partial charge in [0.05, 0.1) is 17.9 Å². The van der Waals surface area contributed by atoms with Crippen LogP contribution in [0.5, 0.6) is 0 Å². The molecule has 1 heterocycles. The normalized spacial score (nSPS) is 10.6. The highest BCUT2D eigenvalue weighted by Crippen LogP contribution is 2.26. The van der Waals surface area contributed by atoms with Gasteiger partial charge in [-0.15, -0.1) is 0 Å². The van der Waals surface area contributed by atoms with Crippen LogP contribution in [0.3, 0.4) is 0 Å². The molecule has 0 spiro atoms. The molecule has 20 heavy (non-hydrogen) atoms. The molecule has 0 aliphatic heterocycles. The van der Waals surface area contributed by atoms with Gasteiger partial charge in [0.15, 0.2) is 0 Å². The fourth-order valence-electron chi connectivity index (χ4n) is 1.87. The van der Waals surface area contributed by atoms with Crippen LogP contribution < -0.4 is 0 Å². The van der Waals surface area contributed by atoms with Gasteiger partial charge in [0.2, 0.25) is 11.7 Å². The van der Waals surface area contributed by atoms with E-state index in [1.54, 1.807) is 19.1 Å². The third kappa shape index (κ3) is 2.71. The van der Waals surface area contributed by atoms with Gasteiger partial charge in [-0.3, -0.25) is 0 Å². The largest absolute Gasteiger partial charge is 0.460 e. The van der Waals surface area contributed by atoms with Crippen molar-refractivity contribution in [3.05, 3.63) is 41.0 Å². The van der Waals surface area contributed by atoms with Crippen molar-refractivity contribution in [2.75, 3.05) is 6.61 Å². The molecule has 0 fully saturated rings. The first kappa shape index (κ1) is 14.2. The summed E-state index contributed by atoms with van der Waals surface area (Å²) in [5.74, 6) is -0.859. The number of nitrogens with zero attached hydrogens (tertiary/aromatic N) is 1. The van der Waals surface area contributed by atoms with E-state index in [0.29, 0.717) is 12.1 Å². The quantitative estimate of drug-likeness (QED) is 0.802. The number of ether oxygens (including phenoxy) is 1. The van der Waals surface area contributed by atoms with Crippen LogP contribution in [0.2, 0.25) is 0 Å². The molecule has 1 aromatic carbocycles. The Kier molecular flexibility index (Phi) is 4.17. The van der Waals surface area contributed by atoms with Crippen molar-refractivity contribution in [2.45, 2.75) is 27.2 Å². The van der Waals surface area contributed by atoms with Crippen molar-refractivity contribution in [1.29, 1.82) is 0 Å². The standard InChI is InChI=1S/C15H16FNO3/c1-4-12-13(15(18)19-5-2)20-14(17-12)10-8-9(3)6-7-11(10)16/h6-8H,4-5H2,1-3H3. The number of carbonyl (C=O) groups is 1. The summed E-state index contributed by atoms with van der Waals surface area (Å²) >= 11 is 0. The Bertz CT molecular complexity index is 634. The molecule has 0 saturated heterocycles. The van der Waals surface area contributed by atoms with Crippen LogP contribution in [-0.4, -0.2) is 17.6 Å². The first-order valence-electron chi connectivity index (χ1n) is 6.50. The second kappa shape index (κ2) is 5.86. The van der Waals surface area contributed by atoms with Crippen molar-refractivity contribution < 1.29 is 18.3 Å². The number of halogens is 1. The van der Waals surface area contributed by atoms with Gasteiger partial charge in [0.1, 0.15) is 5.82 Å². The van der Waals surface area contributed by atoms with E-state index >= 15 is 0 Å². The lowest BCUT2D eigenvalue weighted by Crippen LogP contribution is -2.05. The minimum absolute atomic E-state index is 0.0465. The molecule has 4 nitrogen and oxygen atoms in total. The summed E-state index contributed by atoms with van der Waals surface area (Å²) in [6.45, 7) is 5.65. The second-order valence-corrected chi connectivity index (χ2v) is 4.35. The number of aryl methyl sites for hydroxylation is 2. The Labute approximate surface area is 116 Å². The average molecular weight is 277 g/mol. The first-order chi connectivity index (χ1) is 9.56. The number of oxazole rings is 1. The molecule has 0 unspecified atom stereocenters. The molecule has 0 aliphatic carbocycles. The Morgan fingerprint density at radius 2 is 2.15 bits per heavy atom. The Morgan fingerprint density at radius 1 is 1.40 bits per heavy atom. The number of benzene rings is 1. The molecule has 0 aliphatic rings. The molecular weight excluding hydrogens is 261 g/mol. The third-order valence-corrected chi connectivity index (χ3v) is 2.85. The minimum atomic E-state index is -0.573. The predicted molar refractivity (Wildman–Crippen MR) is 72.0 cm³/mol. The van der Waals surface area contributed by atoms with E-state index in [1.807, 2.05) is 13.8 Å². The zero-order valence-corrected chi connectivity index (χ0v) is 11.7. The van der Waals surface area contributed by atoms with Gasteiger partial charge in [-0.25, -0.2) is 14.2 Å². The highest BCUT2D eigenvalue weighted by atomic mass is 19.1. The van der Waals surface area contributed by atoms with E-state index in [1.165, 1.54) is 6.07 Å². The minimum Gasteiger partial charge on any atom is -0.460 e. The van der Waals surface area contributed by atoms with E-state index in [4.69, 9.17) is 9.15 Å². The molecule has 2 rings (SSSR count). The number of hydrogen-bond acceptors (Lipinski definition) is 4. The summed E-state index contributed by atoms with van der Waals surface area (Å²) in [6, 6.07) is 4.65. The molecule has 0 atom stereocenters. The second-order valence-electron chi connectivity index (χ2n) is 4.35. The predicted octanol–water partition coefficient (Wildman–Crippen LogP) is 3.53. The van der Waals surface area contributed by atoms with E-state index in [-0.39, 0.29) is 23.8 Å². The third-order valence-electron chi connectivity index (χ3n) is 2.85. The van der Waals surface area contributed by atoms with Crippen LogP contribution in [0.15, 0.2) is 22.6 Å². The van der Waals surface area contributed by atoms with Gasteiger partial charge < -0.3 is 9.15 Å². The zero-order valence-electron chi connectivity index (χ0n) is 11.7. The Balaban J connectivity index is 2.48. The number of aromatic nitrogens is 1. The van der Waals surface area contributed by atoms with Gasteiger partial charge in [-0.2, -0.15) is 0 Å². The van der Waals surface area contributed by atoms with E-state index in [0.717, 1.165) is 5.56 Å². The van der Waals surface area contributed by atoms with Gasteiger partial charge in [0, 0.05) is 0 Å². The van der Waals surface area contributed by atoms with Crippen molar-refractivity contribution >= 4 is 5.97 Å². The fourth-order valence-corrected chi connectivity index (χ4v) is 1.87. The van der Waals surface area contributed by atoms with Gasteiger partial charge in [-0.05, 0) is 32.4 Å². The molecule has 0 bridgehead atoms. The van der Waals surface area contributed by atoms with Crippen LogP contribution >= 0.6 is 0 Å². The average Bonchev–Trinajstić information content (AvgIpc) is 2.86. The van der Waals surface area contributed by atoms with Crippen LogP contribution in [0.25, 0.3) is 11.5 Å². The summed E-state index contributed by atoms with van der Waals surface area (Å²) in [7, 11) is 0. The summed E-state index contributed by atoms with van der Waals surface area (Å²) in [4.78, 5) is 16.0. The van der Waals surface area contributed by atoms with E-state index in [9.17, 15) is 9.18 Å². The van der Waals surface area contributed by atoms with E-state index in [2.05, 4.69) is 4.98 Å². The Hall–Kier alpha value is -2.17. The molecule has 0 amide bonds. The molecule has 5 heteroatoms. The molecule has 0 N–H and O–H groups in total. The number of esters is 1. The highest BCUT2D eigenvalue weighted by molar-refractivity contribution is 5.88. The number of rotatable bonds is 4. The molecule has 0 saturated carbocycles. The smallest absolute Gasteiger partial charge is 0.376 e. The lowest BCUT2D eigenvalue weighted by Gasteiger charge is -2.00. The van der Waals surface area contributed by atoms with Crippen molar-refractivity contribution in [3.8, 4) is 11.5 Å². The highest BCUT2D eigenvalue weighted by Gasteiger charge is 2.22. The molecule has 0 radical (unpaired) electrons. The number of carbonyl (C=O) groups excluding carboxylic acids is 1. The lowest BCUT2D eigenvalue weighted by atomic mass is 10.1. The number of hydrogen-bond donors (Lipinski definition) is 0. The first-order valence-corrected chi connectivity index (χ1v) is 6.50. The Morgan fingerprint density at radius 3 is 2.80 bits per heavy atom. The maximum absolute atomic E-state index is 13.8. The topological polar surface area (TPSA) is 52.3 Å². The van der Waals surface area contributed by atoms with E-state index < -0.39 is 11.8 Å². The van der Waals surface area contributed by atoms with Crippen LogP contribution in [-0.2, 0) is 11.2 Å². The molecule has 2 aromatic rings. The maximum Gasteiger partial charge on any atom is 0.376 e. The molecule has 106 valence electrons. The van der Waals surface area contributed by atoms with Gasteiger partial charge in [-0.1, -0.05) is 18.6 Å². The SMILES string of the molecule is CCOC(=O)c1oc(-c2cc(C)ccc2F)nc1CC. The van der Waals surface area contributed by atoms with Gasteiger partial charge in [0.25, 0.3) is 0 Å². The lowest BCUT2D eigenvalue weighted by molar-refractivity contribution is 0.0489. The summed E-state index contributed by atoms with van der Waals surface area (Å²) in [5.41, 5.74) is 1.60. The summed E-state index contributed by atoms with van der Waals surface area (Å²) < 4.78 is 24.2. The van der Waals surface area contributed by atoms with Crippen LogP contribution in [0, 0.1) is 12.7 Å². The zero-order chi connectivity index (χ0) is 14.7. The van der Waals surface area contributed by atoms with Gasteiger partial charge >= 0.3 is 5.97 Å². The van der Waals surface area contributed by atoms with Crippen LogP contribution in [0.4, 0.5) is 4.39 Å². The van der Waals surface area contributed by atoms with Crippen molar-refractivity contribution in [3.63, 3.8) is 0 Å². The van der Waals surface area contributed by atoms with Crippen LogP contribution in [0.1, 0.15) is 35.7 Å². The summed E-state index contributed by atoms with van der Waals surface area (Å²) in [5, 5.41) is 0. The molecule has 1 aromatic heterocycles. The fraction of sp³-hybridized carbons (Fsp3) is 0.333. The maximum atomic E-state index is 13.8. The van der Waals surface area contributed by atoms with Crippen molar-refractivity contribution in [2.24, 2.45) is 0 Å².